The van der Waals surface area contributed by atoms with Crippen molar-refractivity contribution in [2.75, 3.05) is 6.54 Å². The van der Waals surface area contributed by atoms with Gasteiger partial charge in [-0.2, -0.15) is 0 Å². The number of aryl methyl sites for hydroxylation is 2. The highest BCUT2D eigenvalue weighted by atomic mass is 32.2. The van der Waals surface area contributed by atoms with E-state index < -0.39 is 10.0 Å². The van der Waals surface area contributed by atoms with Crippen molar-refractivity contribution < 1.29 is 12.8 Å². The molecule has 20 heavy (non-hydrogen) atoms. The lowest BCUT2D eigenvalue weighted by Gasteiger charge is -2.05. The van der Waals surface area contributed by atoms with E-state index in [1.165, 1.54) is 6.07 Å². The third-order valence-corrected chi connectivity index (χ3v) is 4.43. The summed E-state index contributed by atoms with van der Waals surface area (Å²) in [6, 6.07) is 1.44. The average Bonchev–Trinajstić information content (AvgIpc) is 2.96. The molecule has 0 unspecified atom stereocenters. The Hall–Kier alpha value is -1.71. The summed E-state index contributed by atoms with van der Waals surface area (Å²) in [5, 5.41) is 7.62. The molecular weight excluding hydrogens is 282 g/mol. The molecule has 0 spiro atoms. The second-order valence-corrected chi connectivity index (χ2v) is 6.08. The predicted octanol–water partition coefficient (Wildman–Crippen LogP) is -0.304. The lowest BCUT2D eigenvalue weighted by Crippen LogP contribution is -2.26. The van der Waals surface area contributed by atoms with Crippen molar-refractivity contribution in [2.45, 2.75) is 24.8 Å². The minimum absolute atomic E-state index is 0.121. The summed E-state index contributed by atoms with van der Waals surface area (Å²) >= 11 is 0. The van der Waals surface area contributed by atoms with Crippen LogP contribution in [0.2, 0.25) is 0 Å². The maximum absolute atomic E-state index is 12.1. The van der Waals surface area contributed by atoms with Gasteiger partial charge in [-0.25, -0.2) is 13.1 Å². The van der Waals surface area contributed by atoms with Crippen LogP contribution in [0, 0.1) is 6.92 Å². The molecule has 0 amide bonds. The van der Waals surface area contributed by atoms with Gasteiger partial charge in [-0.3, -0.25) is 0 Å². The number of nitrogens with zero attached hydrogens (tertiary/aromatic N) is 3. The van der Waals surface area contributed by atoms with E-state index in [2.05, 4.69) is 14.9 Å². The Bertz CT molecular complexity index is 689. The van der Waals surface area contributed by atoms with Crippen molar-refractivity contribution in [3.8, 4) is 0 Å². The number of hydrogen-bond donors (Lipinski definition) is 2. The number of hydrogen-bond acceptors (Lipinski definition) is 6. The van der Waals surface area contributed by atoms with Crippen molar-refractivity contribution in [1.82, 2.24) is 19.5 Å². The fourth-order valence-electron chi connectivity index (χ4n) is 1.80. The Balaban J connectivity index is 2.04. The van der Waals surface area contributed by atoms with Gasteiger partial charge in [0.2, 0.25) is 10.0 Å². The third-order valence-electron chi connectivity index (χ3n) is 2.86. The van der Waals surface area contributed by atoms with E-state index in [0.717, 1.165) is 0 Å². The molecular formula is C11H17N5O3S. The summed E-state index contributed by atoms with van der Waals surface area (Å²) in [7, 11) is -1.80. The largest absolute Gasteiger partial charge is 0.464 e. The van der Waals surface area contributed by atoms with Crippen molar-refractivity contribution in [1.29, 1.82) is 0 Å². The summed E-state index contributed by atoms with van der Waals surface area (Å²) in [4.78, 5) is 0.121. The minimum atomic E-state index is -3.60. The molecule has 0 aliphatic carbocycles. The fraction of sp³-hybridized carbons (Fsp3) is 0.455. The first-order chi connectivity index (χ1) is 9.44. The van der Waals surface area contributed by atoms with Crippen LogP contribution in [-0.2, 0) is 30.0 Å². The minimum Gasteiger partial charge on any atom is -0.464 e. The second-order valence-electron chi connectivity index (χ2n) is 4.34. The summed E-state index contributed by atoms with van der Waals surface area (Å²) in [6.45, 7) is 1.99. The Morgan fingerprint density at radius 3 is 2.80 bits per heavy atom. The Morgan fingerprint density at radius 1 is 1.50 bits per heavy atom. The zero-order valence-electron chi connectivity index (χ0n) is 11.3. The van der Waals surface area contributed by atoms with Crippen LogP contribution in [0.25, 0.3) is 0 Å². The van der Waals surface area contributed by atoms with E-state index in [4.69, 9.17) is 10.2 Å². The van der Waals surface area contributed by atoms with Crippen LogP contribution in [0.15, 0.2) is 21.7 Å². The van der Waals surface area contributed by atoms with Crippen molar-refractivity contribution in [3.05, 3.63) is 29.7 Å². The summed E-state index contributed by atoms with van der Waals surface area (Å²) in [6.07, 6.45) is 2.02. The molecule has 2 rings (SSSR count). The highest BCUT2D eigenvalue weighted by Gasteiger charge is 2.20. The lowest BCUT2D eigenvalue weighted by molar-refractivity contribution is 0.478. The van der Waals surface area contributed by atoms with E-state index in [1.54, 1.807) is 24.9 Å². The molecule has 0 aliphatic heterocycles. The highest BCUT2D eigenvalue weighted by Crippen LogP contribution is 2.19. The van der Waals surface area contributed by atoms with Gasteiger partial charge in [0.1, 0.15) is 28.6 Å². The van der Waals surface area contributed by atoms with E-state index in [9.17, 15) is 8.42 Å². The first-order valence-corrected chi connectivity index (χ1v) is 7.54. The second kappa shape index (κ2) is 5.73. The molecule has 0 fully saturated rings. The molecule has 0 aliphatic rings. The Kier molecular flexibility index (Phi) is 4.21. The Morgan fingerprint density at radius 2 is 2.25 bits per heavy atom. The molecule has 0 aromatic carbocycles. The van der Waals surface area contributed by atoms with Gasteiger partial charge in [0.05, 0.1) is 6.54 Å². The molecule has 9 heteroatoms. The van der Waals surface area contributed by atoms with Crippen molar-refractivity contribution >= 4 is 10.0 Å². The molecule has 2 aromatic heterocycles. The molecule has 0 radical (unpaired) electrons. The maximum atomic E-state index is 12.1. The molecule has 110 valence electrons. The third kappa shape index (κ3) is 3.06. The van der Waals surface area contributed by atoms with Gasteiger partial charge < -0.3 is 14.7 Å². The van der Waals surface area contributed by atoms with Crippen LogP contribution in [0.3, 0.4) is 0 Å². The zero-order chi connectivity index (χ0) is 14.8. The van der Waals surface area contributed by atoms with Gasteiger partial charge in [-0.15, -0.1) is 10.2 Å². The molecule has 0 saturated carbocycles. The van der Waals surface area contributed by atoms with Crippen LogP contribution in [0.1, 0.15) is 17.3 Å². The molecule has 0 saturated heterocycles. The first kappa shape index (κ1) is 14.7. The van der Waals surface area contributed by atoms with Crippen molar-refractivity contribution in [2.24, 2.45) is 12.8 Å². The first-order valence-electron chi connectivity index (χ1n) is 6.06. The monoisotopic (exact) mass is 299 g/mol. The molecule has 2 heterocycles. The van der Waals surface area contributed by atoms with Gasteiger partial charge in [0.15, 0.2) is 0 Å². The average molecular weight is 299 g/mol. The van der Waals surface area contributed by atoms with Gasteiger partial charge in [0, 0.05) is 26.1 Å². The number of nitrogens with two attached hydrogens (primary N) is 1. The number of aromatic nitrogens is 3. The van der Waals surface area contributed by atoms with Crippen molar-refractivity contribution in [3.63, 3.8) is 0 Å². The van der Waals surface area contributed by atoms with Gasteiger partial charge in [-0.05, 0) is 6.92 Å². The van der Waals surface area contributed by atoms with Crippen LogP contribution in [0.4, 0.5) is 0 Å². The summed E-state index contributed by atoms with van der Waals surface area (Å²) < 4.78 is 33.8. The van der Waals surface area contributed by atoms with Gasteiger partial charge >= 0.3 is 0 Å². The fourth-order valence-corrected chi connectivity index (χ4v) is 3.03. The van der Waals surface area contributed by atoms with Gasteiger partial charge in [-0.1, -0.05) is 0 Å². The van der Waals surface area contributed by atoms with E-state index in [0.29, 0.717) is 23.8 Å². The predicted molar refractivity (Wildman–Crippen MR) is 71.2 cm³/mol. The van der Waals surface area contributed by atoms with Crippen LogP contribution in [0.5, 0.6) is 0 Å². The van der Waals surface area contributed by atoms with Crippen LogP contribution >= 0.6 is 0 Å². The number of sulfonamides is 1. The van der Waals surface area contributed by atoms with Crippen LogP contribution < -0.4 is 10.5 Å². The smallest absolute Gasteiger partial charge is 0.244 e. The van der Waals surface area contributed by atoms with Crippen LogP contribution in [-0.4, -0.2) is 29.7 Å². The highest BCUT2D eigenvalue weighted by molar-refractivity contribution is 7.89. The van der Waals surface area contributed by atoms with E-state index in [-0.39, 0.29) is 18.0 Å². The molecule has 0 bridgehead atoms. The normalized spacial score (nSPS) is 11.9. The SMILES string of the molecule is Cc1oc(CN)cc1S(=O)(=O)NCCc1nncn1C. The standard InChI is InChI=1S/C11H17N5O3S/c1-8-10(5-9(6-12)19-8)20(17,18)14-4-3-11-15-13-7-16(11)2/h5,7,14H,3-4,6,12H2,1-2H3. The zero-order valence-corrected chi connectivity index (χ0v) is 12.1. The lowest BCUT2D eigenvalue weighted by atomic mass is 10.4. The molecule has 2 aromatic rings. The molecule has 0 atom stereocenters. The number of rotatable bonds is 6. The van der Waals surface area contributed by atoms with E-state index >= 15 is 0 Å². The van der Waals surface area contributed by atoms with Gasteiger partial charge in [0.25, 0.3) is 0 Å². The number of furan rings is 1. The topological polar surface area (TPSA) is 116 Å². The maximum Gasteiger partial charge on any atom is 0.244 e. The quantitative estimate of drug-likeness (QED) is 0.756. The number of nitrogens with one attached hydrogen (secondary N) is 1. The molecule has 3 N–H and O–H groups in total. The summed E-state index contributed by atoms with van der Waals surface area (Å²) in [5.41, 5.74) is 5.43. The summed E-state index contributed by atoms with van der Waals surface area (Å²) in [5.74, 6) is 1.48. The van der Waals surface area contributed by atoms with E-state index in [1.807, 2.05) is 0 Å². The molecule has 8 nitrogen and oxygen atoms in total. The Labute approximate surface area is 117 Å².